The van der Waals surface area contributed by atoms with E-state index in [2.05, 4.69) is 5.32 Å². The van der Waals surface area contributed by atoms with Gasteiger partial charge in [0, 0.05) is 12.6 Å². The third-order valence-electron chi connectivity index (χ3n) is 5.24. The zero-order valence-electron chi connectivity index (χ0n) is 10.5. The number of nitrogens with one attached hydrogen (secondary N) is 1. The van der Waals surface area contributed by atoms with Gasteiger partial charge in [-0.2, -0.15) is 5.26 Å². The van der Waals surface area contributed by atoms with Crippen molar-refractivity contribution >= 4 is 5.97 Å². The quantitative estimate of drug-likeness (QED) is 0.793. The van der Waals surface area contributed by atoms with Crippen LogP contribution in [0.5, 0.6) is 0 Å². The minimum Gasteiger partial charge on any atom is -0.480 e. The second kappa shape index (κ2) is 4.55. The van der Waals surface area contributed by atoms with Crippen LogP contribution in [0.25, 0.3) is 0 Å². The fraction of sp³-hybridized carbons (Fsp3) is 0.857. The normalized spacial score (nSPS) is 42.5. The summed E-state index contributed by atoms with van der Waals surface area (Å²) in [6, 6.07) is 2.33. The molecule has 4 fully saturated rings. The molecule has 0 aromatic carbocycles. The molecule has 0 spiro atoms. The predicted molar refractivity (Wildman–Crippen MR) is 65.6 cm³/mol. The zero-order valence-corrected chi connectivity index (χ0v) is 10.5. The Morgan fingerprint density at radius 1 is 1.22 bits per heavy atom. The standard InChI is InChI=1S/C14H20N2O2/c15-6-12(14(17)18)7-16-13-10-2-8-1-9(4-10)5-11(13)3-8/h8-13,16H,1-5,7H2,(H,17,18). The Hall–Kier alpha value is -1.08. The molecule has 2 N–H and O–H groups in total. The van der Waals surface area contributed by atoms with E-state index in [1.54, 1.807) is 0 Å². The van der Waals surface area contributed by atoms with Crippen LogP contribution >= 0.6 is 0 Å². The van der Waals surface area contributed by atoms with E-state index >= 15 is 0 Å². The van der Waals surface area contributed by atoms with Crippen LogP contribution in [-0.4, -0.2) is 23.7 Å². The molecule has 1 atom stereocenters. The maximum absolute atomic E-state index is 10.8. The smallest absolute Gasteiger partial charge is 0.322 e. The lowest BCUT2D eigenvalue weighted by molar-refractivity contribution is -0.139. The molecular formula is C14H20N2O2. The van der Waals surface area contributed by atoms with E-state index in [9.17, 15) is 4.79 Å². The Balaban J connectivity index is 1.60. The molecule has 0 radical (unpaired) electrons. The lowest BCUT2D eigenvalue weighted by atomic mass is 9.54. The second-order valence-corrected chi connectivity index (χ2v) is 6.38. The summed E-state index contributed by atoms with van der Waals surface area (Å²) in [5.41, 5.74) is 0. The van der Waals surface area contributed by atoms with E-state index in [0.29, 0.717) is 12.6 Å². The van der Waals surface area contributed by atoms with Crippen molar-refractivity contribution < 1.29 is 9.90 Å². The molecule has 0 saturated heterocycles. The topological polar surface area (TPSA) is 73.1 Å². The van der Waals surface area contributed by atoms with E-state index in [4.69, 9.17) is 10.4 Å². The van der Waals surface area contributed by atoms with Crippen LogP contribution in [-0.2, 0) is 4.79 Å². The molecule has 0 amide bonds. The molecule has 4 saturated carbocycles. The molecule has 4 nitrogen and oxygen atoms in total. The molecule has 4 rings (SSSR count). The second-order valence-electron chi connectivity index (χ2n) is 6.38. The van der Waals surface area contributed by atoms with Gasteiger partial charge in [-0.1, -0.05) is 0 Å². The first-order valence-electron chi connectivity index (χ1n) is 7.03. The summed E-state index contributed by atoms with van der Waals surface area (Å²) in [6.07, 6.45) is 6.68. The molecule has 0 aliphatic heterocycles. The van der Waals surface area contributed by atoms with Crippen molar-refractivity contribution in [3.63, 3.8) is 0 Å². The van der Waals surface area contributed by atoms with Crippen molar-refractivity contribution in [3.05, 3.63) is 0 Å². The van der Waals surface area contributed by atoms with Crippen molar-refractivity contribution in [2.24, 2.45) is 29.6 Å². The summed E-state index contributed by atoms with van der Waals surface area (Å²) < 4.78 is 0. The third-order valence-corrected chi connectivity index (χ3v) is 5.24. The zero-order chi connectivity index (χ0) is 12.7. The Labute approximate surface area is 107 Å². The van der Waals surface area contributed by atoms with Crippen LogP contribution < -0.4 is 5.32 Å². The van der Waals surface area contributed by atoms with Crippen LogP contribution in [0.4, 0.5) is 0 Å². The van der Waals surface area contributed by atoms with E-state index < -0.39 is 11.9 Å². The third kappa shape index (κ3) is 2.01. The van der Waals surface area contributed by atoms with Crippen LogP contribution in [0, 0.1) is 40.9 Å². The van der Waals surface area contributed by atoms with Gasteiger partial charge in [0.15, 0.2) is 5.92 Å². The van der Waals surface area contributed by atoms with Crippen LogP contribution in [0.3, 0.4) is 0 Å². The van der Waals surface area contributed by atoms with Gasteiger partial charge in [-0.05, 0) is 55.8 Å². The van der Waals surface area contributed by atoms with Gasteiger partial charge in [-0.15, -0.1) is 0 Å². The summed E-state index contributed by atoms with van der Waals surface area (Å²) in [5.74, 6) is 1.41. The Bertz CT molecular complexity index is 360. The molecule has 4 aliphatic carbocycles. The van der Waals surface area contributed by atoms with Gasteiger partial charge in [0.1, 0.15) is 0 Å². The van der Waals surface area contributed by atoms with E-state index in [0.717, 1.165) is 23.7 Å². The summed E-state index contributed by atoms with van der Waals surface area (Å²) in [5, 5.41) is 21.1. The summed E-state index contributed by atoms with van der Waals surface area (Å²) in [6.45, 7) is 0.304. The first kappa shape index (κ1) is 12.0. The van der Waals surface area contributed by atoms with E-state index in [-0.39, 0.29) is 0 Å². The molecule has 1 unspecified atom stereocenters. The highest BCUT2D eigenvalue weighted by molar-refractivity contribution is 5.73. The van der Waals surface area contributed by atoms with Crippen molar-refractivity contribution in [1.29, 1.82) is 5.26 Å². The van der Waals surface area contributed by atoms with Gasteiger partial charge in [0.25, 0.3) is 0 Å². The van der Waals surface area contributed by atoms with Crippen molar-refractivity contribution in [1.82, 2.24) is 5.32 Å². The van der Waals surface area contributed by atoms with Crippen LogP contribution in [0.1, 0.15) is 32.1 Å². The predicted octanol–water partition coefficient (Wildman–Crippen LogP) is 1.63. The maximum Gasteiger partial charge on any atom is 0.322 e. The maximum atomic E-state index is 10.8. The molecule has 4 aliphatic rings. The molecule has 4 bridgehead atoms. The lowest BCUT2D eigenvalue weighted by Crippen LogP contribution is -2.55. The number of carboxylic acids is 1. The monoisotopic (exact) mass is 248 g/mol. The molecule has 0 aromatic heterocycles. The SMILES string of the molecule is N#CC(CNC1C2CC3CC(C2)CC1C3)C(=O)O. The number of nitrogens with zero attached hydrogens (tertiary/aromatic N) is 1. The lowest BCUT2D eigenvalue weighted by Gasteiger charge is -2.54. The van der Waals surface area contributed by atoms with Gasteiger partial charge in [-0.25, -0.2) is 0 Å². The fourth-order valence-electron chi connectivity index (χ4n) is 4.70. The highest BCUT2D eigenvalue weighted by atomic mass is 16.4. The van der Waals surface area contributed by atoms with E-state index in [1.165, 1.54) is 32.1 Å². The Kier molecular flexibility index (Phi) is 3.03. The number of carbonyl (C=O) groups is 1. The number of nitriles is 1. The molecule has 18 heavy (non-hydrogen) atoms. The van der Waals surface area contributed by atoms with Gasteiger partial charge >= 0.3 is 5.97 Å². The molecule has 0 heterocycles. The van der Waals surface area contributed by atoms with Crippen molar-refractivity contribution in [2.45, 2.75) is 38.1 Å². The highest BCUT2D eigenvalue weighted by Crippen LogP contribution is 2.53. The van der Waals surface area contributed by atoms with Gasteiger partial charge in [-0.3, -0.25) is 4.79 Å². The van der Waals surface area contributed by atoms with Gasteiger partial charge < -0.3 is 10.4 Å². The number of hydrogen-bond acceptors (Lipinski definition) is 3. The summed E-state index contributed by atoms with van der Waals surface area (Å²) in [7, 11) is 0. The van der Waals surface area contributed by atoms with Crippen LogP contribution in [0.15, 0.2) is 0 Å². The number of hydrogen-bond donors (Lipinski definition) is 2. The van der Waals surface area contributed by atoms with E-state index in [1.807, 2.05) is 6.07 Å². The summed E-state index contributed by atoms with van der Waals surface area (Å²) in [4.78, 5) is 10.8. The van der Waals surface area contributed by atoms with Gasteiger partial charge in [0.2, 0.25) is 0 Å². The molecule has 98 valence electrons. The largest absolute Gasteiger partial charge is 0.480 e. The number of carboxylic acid groups (broad SMARTS) is 1. The molecule has 0 aromatic rings. The van der Waals surface area contributed by atoms with Gasteiger partial charge in [0.05, 0.1) is 6.07 Å². The van der Waals surface area contributed by atoms with Crippen molar-refractivity contribution in [3.8, 4) is 6.07 Å². The first-order chi connectivity index (χ1) is 8.67. The highest BCUT2D eigenvalue weighted by Gasteiger charge is 2.48. The van der Waals surface area contributed by atoms with Crippen LogP contribution in [0.2, 0.25) is 0 Å². The number of aliphatic carboxylic acids is 1. The fourth-order valence-corrected chi connectivity index (χ4v) is 4.70. The summed E-state index contributed by atoms with van der Waals surface area (Å²) >= 11 is 0. The minimum absolute atomic E-state index is 0.304. The Morgan fingerprint density at radius 2 is 1.78 bits per heavy atom. The molecular weight excluding hydrogens is 228 g/mol. The Morgan fingerprint density at radius 3 is 2.22 bits per heavy atom. The average molecular weight is 248 g/mol. The minimum atomic E-state index is -1.01. The molecule has 4 heteroatoms. The van der Waals surface area contributed by atoms with Crippen molar-refractivity contribution in [2.75, 3.05) is 6.54 Å². The number of rotatable bonds is 4. The first-order valence-corrected chi connectivity index (χ1v) is 7.03. The average Bonchev–Trinajstić information content (AvgIpc) is 2.31.